The van der Waals surface area contributed by atoms with Gasteiger partial charge in [0.1, 0.15) is 17.5 Å². The Hall–Kier alpha value is -2.90. The van der Waals surface area contributed by atoms with Crippen LogP contribution in [0.5, 0.6) is 0 Å². The third-order valence-electron chi connectivity index (χ3n) is 7.17. The van der Waals surface area contributed by atoms with Crippen molar-refractivity contribution >= 4 is 28.5 Å². The summed E-state index contributed by atoms with van der Waals surface area (Å²) in [6, 6.07) is 1.18. The molecule has 2 aliphatic heterocycles. The zero-order valence-corrected chi connectivity index (χ0v) is 20.7. The molecule has 1 saturated heterocycles. The van der Waals surface area contributed by atoms with E-state index >= 15 is 4.39 Å². The maximum absolute atomic E-state index is 15.6. The number of nitrogens with zero attached hydrogens (tertiary/aromatic N) is 2. The Kier molecular flexibility index (Phi) is 5.77. The van der Waals surface area contributed by atoms with Crippen molar-refractivity contribution < 1.29 is 23.8 Å². The highest BCUT2D eigenvalue weighted by atomic mass is 19.1. The molecule has 1 aromatic heterocycles. The Bertz CT molecular complexity index is 1240. The molecule has 2 atom stereocenters. The standard InChI is InChI=1S/C26H33FN2O5/c1-14-7-8-15-20-16(22(30)17(23(31)32)12-29(14)20)11-18(27)21(15)28-10-9-19(26(5,6)13-28)34-24(33)25(2,3)4/h11-12,14,19H,7-10,13H2,1-6H3,(H,31,32)/t14?,19-/m0/s1. The van der Waals surface area contributed by atoms with Crippen molar-refractivity contribution in [3.05, 3.63) is 39.4 Å². The number of carboxylic acid groups (broad SMARTS) is 1. The molecule has 0 aliphatic carbocycles. The van der Waals surface area contributed by atoms with E-state index in [0.29, 0.717) is 43.6 Å². The molecule has 2 aromatic rings. The average molecular weight is 473 g/mol. The van der Waals surface area contributed by atoms with Gasteiger partial charge in [0.25, 0.3) is 0 Å². The Labute approximate surface area is 198 Å². The van der Waals surface area contributed by atoms with Crippen LogP contribution in [0.1, 0.15) is 76.3 Å². The van der Waals surface area contributed by atoms with E-state index in [9.17, 15) is 19.5 Å². The van der Waals surface area contributed by atoms with Crippen LogP contribution >= 0.6 is 0 Å². The topological polar surface area (TPSA) is 88.8 Å². The van der Waals surface area contributed by atoms with Crippen LogP contribution in [-0.4, -0.2) is 40.8 Å². The molecular formula is C26H33FN2O5. The number of halogens is 1. The van der Waals surface area contributed by atoms with E-state index in [2.05, 4.69) is 0 Å². The summed E-state index contributed by atoms with van der Waals surface area (Å²) < 4.78 is 23.3. The van der Waals surface area contributed by atoms with Crippen molar-refractivity contribution in [2.45, 2.75) is 73.0 Å². The van der Waals surface area contributed by atoms with E-state index in [4.69, 9.17) is 4.74 Å². The molecule has 184 valence electrons. The van der Waals surface area contributed by atoms with Crippen molar-refractivity contribution in [2.24, 2.45) is 10.8 Å². The molecule has 1 N–H and O–H groups in total. The number of piperidine rings is 1. The summed E-state index contributed by atoms with van der Waals surface area (Å²) >= 11 is 0. The van der Waals surface area contributed by atoms with Gasteiger partial charge in [-0.25, -0.2) is 9.18 Å². The fraction of sp³-hybridized carbons (Fsp3) is 0.577. The monoisotopic (exact) mass is 472 g/mol. The number of aryl methyl sites for hydroxylation is 1. The molecule has 8 heteroatoms. The van der Waals surface area contributed by atoms with Gasteiger partial charge in [-0.1, -0.05) is 13.8 Å². The van der Waals surface area contributed by atoms with Crippen LogP contribution in [0.25, 0.3) is 10.9 Å². The second kappa shape index (κ2) is 8.10. The minimum absolute atomic E-state index is 0.00833. The number of anilines is 1. The van der Waals surface area contributed by atoms with E-state index in [1.807, 2.05) is 51.0 Å². The smallest absolute Gasteiger partial charge is 0.341 e. The lowest BCUT2D eigenvalue weighted by atomic mass is 9.80. The lowest BCUT2D eigenvalue weighted by molar-refractivity contribution is -0.166. The lowest BCUT2D eigenvalue weighted by Gasteiger charge is -2.46. The number of carbonyl (C=O) groups is 2. The Balaban J connectivity index is 1.78. The number of carbonyl (C=O) groups excluding carboxylic acids is 1. The van der Waals surface area contributed by atoms with Gasteiger partial charge in [0.15, 0.2) is 0 Å². The van der Waals surface area contributed by atoms with Gasteiger partial charge in [-0.2, -0.15) is 0 Å². The molecule has 1 aromatic carbocycles. The van der Waals surface area contributed by atoms with E-state index in [1.165, 1.54) is 12.3 Å². The molecule has 0 radical (unpaired) electrons. The molecule has 3 heterocycles. The summed E-state index contributed by atoms with van der Waals surface area (Å²) in [5, 5.41) is 9.60. The number of ether oxygens (including phenoxy) is 1. The van der Waals surface area contributed by atoms with Crippen LogP contribution in [-0.2, 0) is 16.0 Å². The van der Waals surface area contributed by atoms with E-state index < -0.39 is 28.0 Å². The summed E-state index contributed by atoms with van der Waals surface area (Å²) in [7, 11) is 0. The number of hydrogen-bond donors (Lipinski definition) is 1. The second-order valence-corrected chi connectivity index (χ2v) is 11.4. The number of pyridine rings is 1. The summed E-state index contributed by atoms with van der Waals surface area (Å²) in [5.74, 6) is -2.09. The molecular weight excluding hydrogens is 439 g/mol. The van der Waals surface area contributed by atoms with Gasteiger partial charge in [-0.05, 0) is 46.6 Å². The average Bonchev–Trinajstić information content (AvgIpc) is 2.72. The summed E-state index contributed by atoms with van der Waals surface area (Å²) in [5.41, 5.74) is -0.203. The Morgan fingerprint density at radius 3 is 2.50 bits per heavy atom. The molecule has 4 rings (SSSR count). The van der Waals surface area contributed by atoms with Gasteiger partial charge in [0, 0.05) is 48.1 Å². The molecule has 1 fully saturated rings. The Morgan fingerprint density at radius 2 is 1.91 bits per heavy atom. The highest BCUT2D eigenvalue weighted by Crippen LogP contribution is 2.42. The van der Waals surface area contributed by atoms with Crippen LogP contribution < -0.4 is 10.3 Å². The van der Waals surface area contributed by atoms with Crippen molar-refractivity contribution in [3.8, 4) is 0 Å². The van der Waals surface area contributed by atoms with Crippen molar-refractivity contribution in [2.75, 3.05) is 18.0 Å². The molecule has 0 bridgehead atoms. The van der Waals surface area contributed by atoms with Gasteiger partial charge in [-0.15, -0.1) is 0 Å². The van der Waals surface area contributed by atoms with E-state index in [1.54, 1.807) is 0 Å². The fourth-order valence-corrected chi connectivity index (χ4v) is 5.18. The van der Waals surface area contributed by atoms with Gasteiger partial charge in [0.2, 0.25) is 5.43 Å². The maximum atomic E-state index is 15.6. The number of aromatic carboxylic acids is 1. The minimum atomic E-state index is -1.31. The number of carboxylic acids is 1. The van der Waals surface area contributed by atoms with Crippen LogP contribution in [0.4, 0.5) is 10.1 Å². The quantitative estimate of drug-likeness (QED) is 0.660. The van der Waals surface area contributed by atoms with Crippen molar-refractivity contribution in [3.63, 3.8) is 0 Å². The van der Waals surface area contributed by atoms with Crippen LogP contribution in [0.2, 0.25) is 0 Å². The minimum Gasteiger partial charge on any atom is -0.477 e. The maximum Gasteiger partial charge on any atom is 0.341 e. The first-order valence-electron chi connectivity index (χ1n) is 11.8. The van der Waals surface area contributed by atoms with Crippen LogP contribution in [0.15, 0.2) is 17.1 Å². The molecule has 34 heavy (non-hydrogen) atoms. The first kappa shape index (κ1) is 24.2. The number of esters is 1. The van der Waals surface area contributed by atoms with Gasteiger partial charge >= 0.3 is 11.9 Å². The molecule has 0 amide bonds. The van der Waals surface area contributed by atoms with E-state index in [0.717, 1.165) is 5.56 Å². The SMILES string of the molecule is CC1CCc2c(N3CC[C@H](OC(=O)C(C)(C)C)C(C)(C)C3)c(F)cc3c(=O)c(C(=O)O)cn1c23. The normalized spacial score (nSPS) is 22.0. The molecule has 7 nitrogen and oxygen atoms in total. The molecule has 2 aliphatic rings. The van der Waals surface area contributed by atoms with Crippen molar-refractivity contribution in [1.29, 1.82) is 0 Å². The number of hydrogen-bond acceptors (Lipinski definition) is 5. The lowest BCUT2D eigenvalue weighted by Crippen LogP contribution is -2.51. The van der Waals surface area contributed by atoms with Crippen LogP contribution in [0, 0.1) is 16.6 Å². The highest BCUT2D eigenvalue weighted by Gasteiger charge is 2.41. The predicted octanol–water partition coefficient (Wildman–Crippen LogP) is 4.54. The number of benzene rings is 1. The first-order chi connectivity index (χ1) is 15.7. The molecule has 1 unspecified atom stereocenters. The summed E-state index contributed by atoms with van der Waals surface area (Å²) in [6.45, 7) is 12.5. The molecule has 0 spiro atoms. The van der Waals surface area contributed by atoms with Gasteiger partial charge in [-0.3, -0.25) is 9.59 Å². The van der Waals surface area contributed by atoms with Gasteiger partial charge < -0.3 is 19.3 Å². The van der Waals surface area contributed by atoms with Gasteiger partial charge in [0.05, 0.1) is 16.6 Å². The summed E-state index contributed by atoms with van der Waals surface area (Å²) in [6.07, 6.45) is 2.97. The third-order valence-corrected chi connectivity index (χ3v) is 7.17. The second-order valence-electron chi connectivity index (χ2n) is 11.4. The largest absolute Gasteiger partial charge is 0.477 e. The van der Waals surface area contributed by atoms with E-state index in [-0.39, 0.29) is 29.1 Å². The third kappa shape index (κ3) is 3.97. The number of rotatable bonds is 3. The summed E-state index contributed by atoms with van der Waals surface area (Å²) in [4.78, 5) is 39.0. The van der Waals surface area contributed by atoms with Crippen LogP contribution in [0.3, 0.4) is 0 Å². The number of aromatic nitrogens is 1. The fourth-order valence-electron chi connectivity index (χ4n) is 5.18. The molecule has 0 saturated carbocycles. The zero-order valence-electron chi connectivity index (χ0n) is 20.7. The van der Waals surface area contributed by atoms with Crippen molar-refractivity contribution in [1.82, 2.24) is 4.57 Å². The highest BCUT2D eigenvalue weighted by molar-refractivity contribution is 5.95. The Morgan fingerprint density at radius 1 is 1.24 bits per heavy atom. The zero-order chi connectivity index (χ0) is 25.2. The predicted molar refractivity (Wildman–Crippen MR) is 128 cm³/mol. The first-order valence-corrected chi connectivity index (χ1v) is 11.8.